The summed E-state index contributed by atoms with van der Waals surface area (Å²) >= 11 is 18.2. The van der Waals surface area contributed by atoms with Crippen molar-refractivity contribution in [2.24, 2.45) is 0 Å². The Morgan fingerprint density at radius 2 is 1.82 bits per heavy atom. The Balaban J connectivity index is 2.18. The van der Waals surface area contributed by atoms with Gasteiger partial charge < -0.3 is 15.0 Å². The standard InChI is InChI=1S/C20H21Cl3N2O3/c1-3-24-20(27)13(2)25(11-14-6-4-5-7-16(14)22)19(26)12-28-18-9-8-15(21)10-17(18)23/h4-10,13H,3,11-12H2,1-2H3,(H,24,27). The lowest BCUT2D eigenvalue weighted by atomic mass is 10.1. The lowest BCUT2D eigenvalue weighted by Gasteiger charge is -2.29. The minimum absolute atomic E-state index is 0.175. The molecular formula is C20H21Cl3N2O3. The van der Waals surface area contributed by atoms with Crippen LogP contribution >= 0.6 is 34.8 Å². The number of nitrogens with zero attached hydrogens (tertiary/aromatic N) is 1. The molecule has 0 saturated carbocycles. The largest absolute Gasteiger partial charge is 0.482 e. The summed E-state index contributed by atoms with van der Waals surface area (Å²) in [6.45, 7) is 3.84. The Hall–Kier alpha value is -1.95. The van der Waals surface area contributed by atoms with Crippen LogP contribution in [-0.2, 0) is 16.1 Å². The fourth-order valence-electron chi connectivity index (χ4n) is 2.53. The van der Waals surface area contributed by atoms with E-state index < -0.39 is 6.04 Å². The van der Waals surface area contributed by atoms with Crippen molar-refractivity contribution in [3.05, 3.63) is 63.1 Å². The zero-order valence-corrected chi connectivity index (χ0v) is 17.8. The Kier molecular flexibility index (Phi) is 8.42. The van der Waals surface area contributed by atoms with E-state index in [-0.39, 0.29) is 25.0 Å². The smallest absolute Gasteiger partial charge is 0.261 e. The van der Waals surface area contributed by atoms with Gasteiger partial charge in [-0.2, -0.15) is 0 Å². The molecule has 0 saturated heterocycles. The van der Waals surface area contributed by atoms with Crippen LogP contribution in [0.5, 0.6) is 5.75 Å². The molecule has 2 amide bonds. The number of halogens is 3. The molecule has 28 heavy (non-hydrogen) atoms. The van der Waals surface area contributed by atoms with Crippen molar-refractivity contribution < 1.29 is 14.3 Å². The maximum Gasteiger partial charge on any atom is 0.261 e. The SMILES string of the molecule is CCNC(=O)C(C)N(Cc1ccccc1Cl)C(=O)COc1ccc(Cl)cc1Cl. The number of carbonyl (C=O) groups excluding carboxylic acids is 2. The molecule has 0 aliphatic carbocycles. The Morgan fingerprint density at radius 3 is 2.46 bits per heavy atom. The first-order chi connectivity index (χ1) is 13.3. The highest BCUT2D eigenvalue weighted by Crippen LogP contribution is 2.27. The normalized spacial score (nSPS) is 11.6. The maximum atomic E-state index is 12.9. The summed E-state index contributed by atoms with van der Waals surface area (Å²) in [6.07, 6.45) is 0. The van der Waals surface area contributed by atoms with Gasteiger partial charge in [0.15, 0.2) is 6.61 Å². The van der Waals surface area contributed by atoms with E-state index in [0.29, 0.717) is 27.4 Å². The van der Waals surface area contributed by atoms with Gasteiger partial charge in [0.1, 0.15) is 11.8 Å². The highest BCUT2D eigenvalue weighted by atomic mass is 35.5. The Bertz CT molecular complexity index is 845. The molecule has 1 unspecified atom stereocenters. The van der Waals surface area contributed by atoms with Crippen LogP contribution in [-0.4, -0.2) is 35.9 Å². The van der Waals surface area contributed by atoms with Gasteiger partial charge in [-0.3, -0.25) is 9.59 Å². The Morgan fingerprint density at radius 1 is 1.11 bits per heavy atom. The summed E-state index contributed by atoms with van der Waals surface area (Å²) in [5.41, 5.74) is 0.734. The number of benzene rings is 2. The molecule has 5 nitrogen and oxygen atoms in total. The second kappa shape index (κ2) is 10.6. The van der Waals surface area contributed by atoms with E-state index in [1.54, 1.807) is 31.2 Å². The third-order valence-corrected chi connectivity index (χ3v) is 4.96. The second-order valence-corrected chi connectivity index (χ2v) is 7.30. The molecule has 2 rings (SSSR count). The molecule has 0 spiro atoms. The van der Waals surface area contributed by atoms with Gasteiger partial charge in [0.05, 0.1) is 5.02 Å². The van der Waals surface area contributed by atoms with Crippen LogP contribution in [0.15, 0.2) is 42.5 Å². The third kappa shape index (κ3) is 6.03. The van der Waals surface area contributed by atoms with Crippen molar-refractivity contribution >= 4 is 46.6 Å². The van der Waals surface area contributed by atoms with Gasteiger partial charge >= 0.3 is 0 Å². The van der Waals surface area contributed by atoms with E-state index in [0.717, 1.165) is 5.56 Å². The van der Waals surface area contributed by atoms with Crippen molar-refractivity contribution in [2.45, 2.75) is 26.4 Å². The molecule has 0 fully saturated rings. The quantitative estimate of drug-likeness (QED) is 0.650. The number of carbonyl (C=O) groups is 2. The highest BCUT2D eigenvalue weighted by molar-refractivity contribution is 6.35. The molecule has 2 aromatic rings. The number of ether oxygens (including phenoxy) is 1. The zero-order valence-electron chi connectivity index (χ0n) is 15.5. The van der Waals surface area contributed by atoms with Crippen LogP contribution < -0.4 is 10.1 Å². The highest BCUT2D eigenvalue weighted by Gasteiger charge is 2.26. The Labute approximate surface area is 179 Å². The second-order valence-electron chi connectivity index (χ2n) is 6.05. The molecule has 0 aromatic heterocycles. The van der Waals surface area contributed by atoms with Gasteiger partial charge in [0.2, 0.25) is 5.91 Å². The maximum absolute atomic E-state index is 12.9. The van der Waals surface area contributed by atoms with Crippen LogP contribution in [0.4, 0.5) is 0 Å². The lowest BCUT2D eigenvalue weighted by molar-refractivity contribution is -0.142. The number of likely N-dealkylation sites (N-methyl/N-ethyl adjacent to an activating group) is 1. The molecule has 150 valence electrons. The summed E-state index contributed by atoms with van der Waals surface area (Å²) < 4.78 is 5.55. The zero-order chi connectivity index (χ0) is 20.7. The van der Waals surface area contributed by atoms with Gasteiger partial charge in [-0.1, -0.05) is 53.0 Å². The molecule has 8 heteroatoms. The van der Waals surface area contributed by atoms with E-state index >= 15 is 0 Å². The fourth-order valence-corrected chi connectivity index (χ4v) is 3.19. The number of hydrogen-bond acceptors (Lipinski definition) is 3. The van der Waals surface area contributed by atoms with Gasteiger partial charge in [-0.15, -0.1) is 0 Å². The van der Waals surface area contributed by atoms with Crippen molar-refractivity contribution in [1.29, 1.82) is 0 Å². The van der Waals surface area contributed by atoms with Gasteiger partial charge in [-0.25, -0.2) is 0 Å². The molecule has 0 radical (unpaired) electrons. The van der Waals surface area contributed by atoms with Gasteiger partial charge in [-0.05, 0) is 43.7 Å². The number of rotatable bonds is 8. The molecular weight excluding hydrogens is 423 g/mol. The van der Waals surface area contributed by atoms with Crippen LogP contribution in [0, 0.1) is 0 Å². The molecule has 1 atom stereocenters. The minimum Gasteiger partial charge on any atom is -0.482 e. The predicted octanol–water partition coefficient (Wildman–Crippen LogP) is 4.58. The summed E-state index contributed by atoms with van der Waals surface area (Å²) in [5, 5.41) is 4.01. The van der Waals surface area contributed by atoms with E-state index in [4.69, 9.17) is 39.5 Å². The van der Waals surface area contributed by atoms with E-state index in [1.807, 2.05) is 19.1 Å². The minimum atomic E-state index is -0.701. The first-order valence-electron chi connectivity index (χ1n) is 8.72. The van der Waals surface area contributed by atoms with Crippen LogP contribution in [0.3, 0.4) is 0 Å². The van der Waals surface area contributed by atoms with Crippen LogP contribution in [0.25, 0.3) is 0 Å². The monoisotopic (exact) mass is 442 g/mol. The summed E-state index contributed by atoms with van der Waals surface area (Å²) in [6, 6.07) is 11.2. The van der Waals surface area contributed by atoms with E-state index in [2.05, 4.69) is 5.32 Å². The van der Waals surface area contributed by atoms with Gasteiger partial charge in [0.25, 0.3) is 5.91 Å². The first-order valence-corrected chi connectivity index (χ1v) is 9.85. The molecule has 1 N–H and O–H groups in total. The van der Waals surface area contributed by atoms with E-state index in [9.17, 15) is 9.59 Å². The first kappa shape index (κ1) is 22.3. The number of amides is 2. The number of nitrogens with one attached hydrogen (secondary N) is 1. The third-order valence-electron chi connectivity index (χ3n) is 4.06. The summed E-state index contributed by atoms with van der Waals surface area (Å²) in [5.74, 6) is -0.292. The van der Waals surface area contributed by atoms with E-state index in [1.165, 1.54) is 11.0 Å². The molecule has 0 bridgehead atoms. The summed E-state index contributed by atoms with van der Waals surface area (Å²) in [4.78, 5) is 26.6. The average molecular weight is 444 g/mol. The predicted molar refractivity (Wildman–Crippen MR) is 112 cm³/mol. The summed E-state index contributed by atoms with van der Waals surface area (Å²) in [7, 11) is 0. The van der Waals surface area contributed by atoms with Crippen molar-refractivity contribution in [3.63, 3.8) is 0 Å². The molecule has 2 aromatic carbocycles. The molecule has 0 heterocycles. The fraction of sp³-hybridized carbons (Fsp3) is 0.300. The topological polar surface area (TPSA) is 58.6 Å². The van der Waals surface area contributed by atoms with Crippen molar-refractivity contribution in [3.8, 4) is 5.75 Å². The lowest BCUT2D eigenvalue weighted by Crippen LogP contribution is -2.49. The van der Waals surface area contributed by atoms with Gasteiger partial charge in [0, 0.05) is 23.1 Å². The van der Waals surface area contributed by atoms with Crippen LogP contribution in [0.1, 0.15) is 19.4 Å². The molecule has 0 aliphatic rings. The molecule has 0 aliphatic heterocycles. The van der Waals surface area contributed by atoms with Crippen molar-refractivity contribution in [2.75, 3.05) is 13.2 Å². The average Bonchev–Trinajstić information content (AvgIpc) is 2.66. The number of hydrogen-bond donors (Lipinski definition) is 1. The van der Waals surface area contributed by atoms with Crippen LogP contribution in [0.2, 0.25) is 15.1 Å². The van der Waals surface area contributed by atoms with Crippen molar-refractivity contribution in [1.82, 2.24) is 10.2 Å².